The smallest absolute Gasteiger partial charge is 0.0291 e. The van der Waals surface area contributed by atoms with Gasteiger partial charge in [0.2, 0.25) is 0 Å². The van der Waals surface area contributed by atoms with E-state index in [2.05, 4.69) is 395 Å². The molecule has 0 aromatic carbocycles. The minimum Gasteiger partial charge on any atom is -0.0625 e. The van der Waals surface area contributed by atoms with Crippen LogP contribution in [0.1, 0.15) is 574 Å². The lowest BCUT2D eigenvalue weighted by Gasteiger charge is -2.50. The van der Waals surface area contributed by atoms with Crippen LogP contribution in [0.2, 0.25) is 0 Å². The number of hydrogen-bond donors (Lipinski definition) is 0. The molecule has 131 heavy (non-hydrogen) atoms. The van der Waals surface area contributed by atoms with Crippen LogP contribution in [0.15, 0.2) is 0 Å². The molecule has 1 spiro atoms. The Morgan fingerprint density at radius 2 is 0.366 bits per heavy atom. The molecule has 0 amide bonds. The second-order valence-electron chi connectivity index (χ2n) is 69.9. The molecule has 13 rings (SSSR count). The lowest BCUT2D eigenvalue weighted by Crippen LogP contribution is -2.42. The fourth-order valence-corrected chi connectivity index (χ4v) is 33.4. The minimum atomic E-state index is 0.470. The van der Waals surface area contributed by atoms with Crippen LogP contribution < -0.4 is 0 Å². The van der Waals surface area contributed by atoms with Gasteiger partial charge in [-0.05, 0) is 404 Å². The summed E-state index contributed by atoms with van der Waals surface area (Å²) in [5, 5.41) is 0. The van der Waals surface area contributed by atoms with E-state index in [4.69, 9.17) is 0 Å². The molecule has 13 aliphatic carbocycles. The van der Waals surface area contributed by atoms with E-state index in [1.807, 2.05) is 0 Å². The first-order valence-electron chi connectivity index (χ1n) is 58.1. The zero-order chi connectivity index (χ0) is 102. The van der Waals surface area contributed by atoms with Crippen molar-refractivity contribution in [3.63, 3.8) is 0 Å². The van der Waals surface area contributed by atoms with Gasteiger partial charge in [0.15, 0.2) is 0 Å². The number of rotatable bonds is 0. The molecule has 0 radical (unpaired) electrons. The third-order valence-corrected chi connectivity index (χ3v) is 40.0. The molecule has 0 heteroatoms. The third-order valence-electron chi connectivity index (χ3n) is 40.0. The lowest BCUT2D eigenvalue weighted by atomic mass is 9.56. The molecule has 778 valence electrons. The maximum Gasteiger partial charge on any atom is -0.0291 e. The quantitative estimate of drug-likeness (QED) is 0.227. The molecular formula is C131H254. The molecule has 13 saturated carbocycles. The molecule has 0 N–H and O–H groups in total. The van der Waals surface area contributed by atoms with Crippen LogP contribution in [0.25, 0.3) is 0 Å². The second-order valence-corrected chi connectivity index (χ2v) is 69.9. The average molecular weight is 1830 g/mol. The molecule has 26 atom stereocenters. The lowest BCUT2D eigenvalue weighted by molar-refractivity contribution is -0.00416. The van der Waals surface area contributed by atoms with Crippen molar-refractivity contribution < 1.29 is 0 Å². The van der Waals surface area contributed by atoms with E-state index in [9.17, 15) is 0 Å². The molecule has 0 saturated heterocycles. The van der Waals surface area contributed by atoms with Crippen LogP contribution in [-0.2, 0) is 0 Å². The zero-order valence-corrected chi connectivity index (χ0v) is 102. The SMILES string of the molecule is CC(C)(C)C1C(C(C)(C)C)[C@H]2CC[C@@H]1C2.CC(C)(C)C1CC2(CC2)CC1C(C)(C)C.CC(C)(C)C1CCCC1C(C)(C)C.CC(C)(C)C1CCCCC1C(C)(C)C.CC(C)(C)C1CC[C@@H]2C[C@@H]2C1C(C)(C)C.CC(C)(C)C1CC[C@H]2C[C@H]2C1C(C)(C)C.CC1CC(C(C)(C)C)C(C(C)(C)C)C1.CC1CCC(C(C)(C)C)C(C(C)(C)C)C1.CC1CCCC(C(C)(C)C)C1C(C)(C)C. The van der Waals surface area contributed by atoms with Gasteiger partial charge >= 0.3 is 0 Å². The third kappa shape index (κ3) is 35.2. The standard InChI is InChI=1S/4C15H28.2C15H30.2C14H28.C13H26/c1-13(2,3)11-9-15(7-8-15)10-12(11)14(4,5)6;2*1-14(2,3)12-8-7-10-9-11(10)13(12)15(4,5)6;1-14(2,3)12-10-7-8-11(9-10)13(12)15(4,5)6;1-11-8-9-12(14(2,3)4)13(10-11)15(5,6)7;1-11-9-8-10-12(14(2,3)4)13(11)15(5,6)7;1-10-8-11(13(2,3)4)12(9-10)14(5,6)7;1-13(2,3)11-9-7-8-10-12(11)14(4,5)6;1-12(2,3)10-8-7-9-11(10)13(4,5)6/h11-12H,7-10H2,1-6H3;3*10-13H,7-9H2,1-6H3;2*11-13H,8-10H2,1-7H3;10-12H,8-9H2,1-7H3;11-12H,7-10H2,1-6H3;10-11H,7-9H2,1-6H3/t;3*10-,11+,12?,13?;;;;;/m.10....../s1. The summed E-state index contributed by atoms with van der Waals surface area (Å²) in [5.41, 5.74) is 9.77. The topological polar surface area (TPSA) is 0 Å². The van der Waals surface area contributed by atoms with Crippen molar-refractivity contribution in [1.29, 1.82) is 0 Å². The van der Waals surface area contributed by atoms with Crippen molar-refractivity contribution in [3.8, 4) is 0 Å². The van der Waals surface area contributed by atoms with Gasteiger partial charge in [-0.1, -0.05) is 433 Å². The summed E-state index contributed by atoms with van der Waals surface area (Å²) >= 11 is 0. The van der Waals surface area contributed by atoms with Gasteiger partial charge < -0.3 is 0 Å². The monoisotopic (exact) mass is 1830 g/mol. The Labute approximate surface area is 831 Å². The predicted molar refractivity (Wildman–Crippen MR) is 593 cm³/mol. The van der Waals surface area contributed by atoms with E-state index >= 15 is 0 Å². The fourth-order valence-electron chi connectivity index (χ4n) is 33.4. The zero-order valence-electron chi connectivity index (χ0n) is 102. The van der Waals surface area contributed by atoms with Crippen molar-refractivity contribution >= 4 is 0 Å². The first-order chi connectivity index (χ1) is 58.1. The summed E-state index contributed by atoms with van der Waals surface area (Å²) in [6.45, 7) is 139. The largest absolute Gasteiger partial charge is 0.0625 e. The molecule has 0 heterocycles. The van der Waals surface area contributed by atoms with Gasteiger partial charge in [0.25, 0.3) is 0 Å². The van der Waals surface area contributed by atoms with E-state index in [0.29, 0.717) is 97.5 Å². The molecule has 13 aliphatic rings. The second kappa shape index (κ2) is 43.5. The first kappa shape index (κ1) is 121. The molecular weight excluding hydrogens is 1570 g/mol. The van der Waals surface area contributed by atoms with E-state index < -0.39 is 0 Å². The summed E-state index contributed by atoms with van der Waals surface area (Å²) in [5.74, 6) is 26.0. The first-order valence-corrected chi connectivity index (χ1v) is 58.1. The highest BCUT2D eigenvalue weighted by Crippen LogP contribution is 2.70. The molecule has 0 aromatic heterocycles. The number of hydrogen-bond acceptors (Lipinski definition) is 0. The molecule has 20 unspecified atom stereocenters. The normalized spacial score (nSPS) is 36.0. The van der Waals surface area contributed by atoms with Crippen LogP contribution in [-0.4, -0.2) is 0 Å². The van der Waals surface area contributed by atoms with Gasteiger partial charge in [-0.3, -0.25) is 0 Å². The van der Waals surface area contributed by atoms with Gasteiger partial charge in [-0.25, -0.2) is 0 Å². The van der Waals surface area contributed by atoms with Crippen LogP contribution in [0.5, 0.6) is 0 Å². The highest BCUT2D eigenvalue weighted by molar-refractivity contribution is 5.10. The molecule has 0 aliphatic heterocycles. The van der Waals surface area contributed by atoms with Crippen LogP contribution in [0, 0.1) is 263 Å². The highest BCUT2D eigenvalue weighted by atomic mass is 14.7. The Bertz CT molecular complexity index is 2980. The summed E-state index contributed by atoms with van der Waals surface area (Å²) in [4.78, 5) is 0. The Morgan fingerprint density at radius 1 is 0.153 bits per heavy atom. The van der Waals surface area contributed by atoms with Crippen LogP contribution >= 0.6 is 0 Å². The molecule has 0 nitrogen and oxygen atoms in total. The van der Waals surface area contributed by atoms with Crippen molar-refractivity contribution in [1.82, 2.24) is 0 Å². The molecule has 2 bridgehead atoms. The van der Waals surface area contributed by atoms with Gasteiger partial charge in [0.05, 0.1) is 0 Å². The maximum atomic E-state index is 2.47. The minimum absolute atomic E-state index is 0.470. The van der Waals surface area contributed by atoms with Crippen molar-refractivity contribution in [3.05, 3.63) is 0 Å². The van der Waals surface area contributed by atoms with E-state index in [1.165, 1.54) is 180 Å². The predicted octanol–water partition coefficient (Wildman–Crippen LogP) is 43.5. The van der Waals surface area contributed by atoms with Crippen molar-refractivity contribution in [2.24, 2.45) is 263 Å². The van der Waals surface area contributed by atoms with Crippen LogP contribution in [0.4, 0.5) is 0 Å². The molecule has 0 aromatic rings. The summed E-state index contributed by atoms with van der Waals surface area (Å²) < 4.78 is 0. The summed E-state index contributed by atoms with van der Waals surface area (Å²) in [6, 6.07) is 0. The summed E-state index contributed by atoms with van der Waals surface area (Å²) in [6.07, 6.45) is 41.3. The Morgan fingerprint density at radius 3 is 0.618 bits per heavy atom. The van der Waals surface area contributed by atoms with Crippen molar-refractivity contribution in [2.75, 3.05) is 0 Å². The van der Waals surface area contributed by atoms with E-state index in [-0.39, 0.29) is 0 Å². The van der Waals surface area contributed by atoms with Gasteiger partial charge in [-0.15, -0.1) is 0 Å². The Hall–Kier alpha value is 0. The highest BCUT2D eigenvalue weighted by Gasteiger charge is 2.61. The van der Waals surface area contributed by atoms with Gasteiger partial charge in [-0.2, -0.15) is 0 Å². The maximum absolute atomic E-state index is 2.47. The summed E-state index contributed by atoms with van der Waals surface area (Å²) in [7, 11) is 0. The van der Waals surface area contributed by atoms with Crippen LogP contribution in [0.3, 0.4) is 0 Å². The van der Waals surface area contributed by atoms with Gasteiger partial charge in [0.1, 0.15) is 0 Å². The van der Waals surface area contributed by atoms with Gasteiger partial charge in [0, 0.05) is 0 Å². The Balaban J connectivity index is 0.000000261. The fraction of sp³-hybridized carbons (Fsp3) is 1.00. The molecule has 13 fully saturated rings. The van der Waals surface area contributed by atoms with E-state index in [1.54, 1.807) is 0 Å². The Kier molecular flexibility index (Phi) is 40.3. The van der Waals surface area contributed by atoms with Crippen molar-refractivity contribution in [2.45, 2.75) is 574 Å². The average Bonchev–Trinajstić information content (AvgIpc) is 1.56. The van der Waals surface area contributed by atoms with E-state index in [0.717, 1.165) is 165 Å². The number of fused-ring (bicyclic) bond motifs is 4.